The Morgan fingerprint density at radius 1 is 1.17 bits per heavy atom. The zero-order valence-corrected chi connectivity index (χ0v) is 14.0. The smallest absolute Gasteiger partial charge is 0.237 e. The number of aromatic nitrogens is 1. The number of nitrogens with zero attached hydrogens (tertiary/aromatic N) is 1. The number of halogens is 1. The van der Waals surface area contributed by atoms with Crippen molar-refractivity contribution in [3.63, 3.8) is 0 Å². The van der Waals surface area contributed by atoms with Gasteiger partial charge in [-0.3, -0.25) is 9.00 Å². The van der Waals surface area contributed by atoms with Gasteiger partial charge in [-0.15, -0.1) is 0 Å². The number of hydrogen-bond donors (Lipinski definition) is 1. The Hall–Kier alpha value is -2.11. The van der Waals surface area contributed by atoms with E-state index in [0.717, 1.165) is 10.9 Å². The van der Waals surface area contributed by atoms with Crippen LogP contribution in [0.4, 0.5) is 5.69 Å². The summed E-state index contributed by atoms with van der Waals surface area (Å²) in [5.41, 5.74) is 1.63. The van der Waals surface area contributed by atoms with Gasteiger partial charge in [0.25, 0.3) is 0 Å². The van der Waals surface area contributed by atoms with Gasteiger partial charge in [0.2, 0.25) is 5.91 Å². The van der Waals surface area contributed by atoms with Crippen LogP contribution in [0.15, 0.2) is 59.6 Å². The van der Waals surface area contributed by atoms with Crippen LogP contribution >= 0.6 is 11.6 Å². The normalized spacial score (nSPS) is 12.3. The van der Waals surface area contributed by atoms with Crippen LogP contribution < -0.4 is 5.32 Å². The third kappa shape index (κ3) is 3.46. The van der Waals surface area contributed by atoms with Gasteiger partial charge in [0.05, 0.1) is 15.7 Å². The number of carbonyl (C=O) groups excluding carboxylic acids is 1. The average Bonchev–Trinajstić information content (AvgIpc) is 2.87. The molecule has 1 heterocycles. The lowest BCUT2D eigenvalue weighted by Crippen LogP contribution is -2.19. The largest absolute Gasteiger partial charge is 0.349 e. The van der Waals surface area contributed by atoms with E-state index in [0.29, 0.717) is 15.6 Å². The van der Waals surface area contributed by atoms with Crippen molar-refractivity contribution in [3.8, 4) is 0 Å². The number of hydrogen-bond acceptors (Lipinski definition) is 2. The van der Waals surface area contributed by atoms with Crippen molar-refractivity contribution < 1.29 is 9.00 Å². The number of anilines is 1. The number of fused-ring (bicyclic) bond motifs is 1. The molecule has 6 heteroatoms. The topological polar surface area (TPSA) is 51.1 Å². The molecule has 0 aliphatic rings. The second-order valence-electron chi connectivity index (χ2n) is 5.17. The van der Waals surface area contributed by atoms with Crippen molar-refractivity contribution in [2.75, 3.05) is 11.1 Å². The summed E-state index contributed by atoms with van der Waals surface area (Å²) in [5, 5.41) is 4.24. The molecule has 0 aliphatic heterocycles. The molecule has 1 aromatic heterocycles. The number of rotatable bonds is 4. The van der Waals surface area contributed by atoms with E-state index >= 15 is 0 Å². The molecule has 23 heavy (non-hydrogen) atoms. The van der Waals surface area contributed by atoms with Gasteiger partial charge in [-0.1, -0.05) is 29.8 Å². The maximum atomic E-state index is 12.5. The van der Waals surface area contributed by atoms with Crippen LogP contribution in [-0.2, 0) is 22.6 Å². The summed E-state index contributed by atoms with van der Waals surface area (Å²) < 4.78 is 14.5. The summed E-state index contributed by atoms with van der Waals surface area (Å²) in [6, 6.07) is 14.5. The molecule has 3 rings (SSSR count). The molecule has 0 spiro atoms. The molecule has 0 saturated carbocycles. The van der Waals surface area contributed by atoms with Crippen LogP contribution in [0.5, 0.6) is 0 Å². The predicted octanol–water partition coefficient (Wildman–Crippen LogP) is 3.58. The van der Waals surface area contributed by atoms with Gasteiger partial charge in [0, 0.05) is 34.9 Å². The van der Waals surface area contributed by atoms with E-state index in [1.165, 1.54) is 0 Å². The Bertz CT molecular complexity index is 887. The lowest BCUT2D eigenvalue weighted by atomic mass is 10.2. The fourth-order valence-corrected chi connectivity index (χ4v) is 3.70. The molecule has 0 fully saturated rings. The Labute approximate surface area is 141 Å². The van der Waals surface area contributed by atoms with Gasteiger partial charge < -0.3 is 9.88 Å². The summed E-state index contributed by atoms with van der Waals surface area (Å²) >= 11 is 5.81. The molecule has 1 amide bonds. The first-order chi connectivity index (χ1) is 11.0. The molecule has 1 atom stereocenters. The molecule has 118 valence electrons. The van der Waals surface area contributed by atoms with E-state index in [-0.39, 0.29) is 11.7 Å². The van der Waals surface area contributed by atoms with E-state index in [2.05, 4.69) is 5.32 Å². The number of carbonyl (C=O) groups is 1. The second kappa shape index (κ2) is 6.56. The van der Waals surface area contributed by atoms with Crippen LogP contribution in [0.3, 0.4) is 0 Å². The standard InChI is InChI=1S/C17H15ClN2O2S/c1-20-10-16(14-4-2-3-5-15(14)20)23(22)11-17(21)19-13-8-6-12(18)7-9-13/h2-10H,11H2,1H3,(H,19,21). The zero-order valence-electron chi connectivity index (χ0n) is 12.5. The summed E-state index contributed by atoms with van der Waals surface area (Å²) in [4.78, 5) is 12.8. The molecule has 0 radical (unpaired) electrons. The quantitative estimate of drug-likeness (QED) is 0.785. The predicted molar refractivity (Wildman–Crippen MR) is 94.3 cm³/mol. The SMILES string of the molecule is Cn1cc(S(=O)CC(=O)Nc2ccc(Cl)cc2)c2ccccc21. The van der Waals surface area contributed by atoms with Gasteiger partial charge >= 0.3 is 0 Å². The first-order valence-corrected chi connectivity index (χ1v) is 8.72. The number of benzene rings is 2. The Morgan fingerprint density at radius 2 is 1.87 bits per heavy atom. The van der Waals surface area contributed by atoms with Crippen molar-refractivity contribution in [2.45, 2.75) is 4.90 Å². The molecular formula is C17H15ClN2O2S. The van der Waals surface area contributed by atoms with E-state index < -0.39 is 10.8 Å². The number of amides is 1. The van der Waals surface area contributed by atoms with Crippen molar-refractivity contribution in [3.05, 3.63) is 59.8 Å². The maximum absolute atomic E-state index is 12.5. The van der Waals surface area contributed by atoms with Crippen molar-refractivity contribution >= 4 is 44.9 Å². The van der Waals surface area contributed by atoms with Crippen LogP contribution in [-0.4, -0.2) is 20.4 Å². The van der Waals surface area contributed by atoms with Gasteiger partial charge in [-0.2, -0.15) is 0 Å². The lowest BCUT2D eigenvalue weighted by molar-refractivity contribution is -0.113. The van der Waals surface area contributed by atoms with Gasteiger partial charge in [-0.25, -0.2) is 0 Å². The summed E-state index contributed by atoms with van der Waals surface area (Å²) in [6.07, 6.45) is 1.82. The first kappa shape index (κ1) is 15.8. The minimum atomic E-state index is -1.40. The third-order valence-corrected chi connectivity index (χ3v) is 5.09. The highest BCUT2D eigenvalue weighted by Crippen LogP contribution is 2.23. The molecule has 4 nitrogen and oxygen atoms in total. The number of para-hydroxylation sites is 1. The van der Waals surface area contributed by atoms with E-state index in [1.54, 1.807) is 24.3 Å². The van der Waals surface area contributed by atoms with Crippen LogP contribution in [0.2, 0.25) is 5.02 Å². The molecular weight excluding hydrogens is 332 g/mol. The highest BCUT2D eigenvalue weighted by Gasteiger charge is 2.15. The van der Waals surface area contributed by atoms with Crippen LogP contribution in [0.1, 0.15) is 0 Å². The van der Waals surface area contributed by atoms with Crippen molar-refractivity contribution in [1.29, 1.82) is 0 Å². The maximum Gasteiger partial charge on any atom is 0.237 e. The molecule has 0 bridgehead atoms. The number of nitrogens with one attached hydrogen (secondary N) is 1. The van der Waals surface area contributed by atoms with Crippen LogP contribution in [0.25, 0.3) is 10.9 Å². The Morgan fingerprint density at radius 3 is 2.61 bits per heavy atom. The summed E-state index contributed by atoms with van der Waals surface area (Å²) in [6.45, 7) is 0. The molecule has 3 aromatic rings. The molecule has 2 aromatic carbocycles. The Kier molecular flexibility index (Phi) is 4.50. The minimum Gasteiger partial charge on any atom is -0.349 e. The highest BCUT2D eigenvalue weighted by atomic mass is 35.5. The highest BCUT2D eigenvalue weighted by molar-refractivity contribution is 7.86. The monoisotopic (exact) mass is 346 g/mol. The fourth-order valence-electron chi connectivity index (χ4n) is 2.41. The summed E-state index contributed by atoms with van der Waals surface area (Å²) in [5.74, 6) is -0.380. The van der Waals surface area contributed by atoms with Gasteiger partial charge in [-0.05, 0) is 30.3 Å². The third-order valence-electron chi connectivity index (χ3n) is 3.50. The van der Waals surface area contributed by atoms with E-state index in [1.807, 2.05) is 42.1 Å². The van der Waals surface area contributed by atoms with Crippen LogP contribution in [0, 0.1) is 0 Å². The number of aryl methyl sites for hydroxylation is 1. The minimum absolute atomic E-state index is 0.0867. The average molecular weight is 347 g/mol. The summed E-state index contributed by atoms with van der Waals surface area (Å²) in [7, 11) is 0.495. The first-order valence-electron chi connectivity index (χ1n) is 7.02. The van der Waals surface area contributed by atoms with Gasteiger partial charge in [0.15, 0.2) is 0 Å². The molecule has 0 saturated heterocycles. The molecule has 0 aliphatic carbocycles. The zero-order chi connectivity index (χ0) is 16.4. The molecule has 1 N–H and O–H groups in total. The lowest BCUT2D eigenvalue weighted by Gasteiger charge is -2.05. The second-order valence-corrected chi connectivity index (χ2v) is 7.02. The van der Waals surface area contributed by atoms with E-state index in [9.17, 15) is 9.00 Å². The fraction of sp³-hybridized carbons (Fsp3) is 0.118. The van der Waals surface area contributed by atoms with Crippen molar-refractivity contribution in [2.24, 2.45) is 7.05 Å². The van der Waals surface area contributed by atoms with Gasteiger partial charge in [0.1, 0.15) is 5.75 Å². The Balaban J connectivity index is 1.75. The molecule has 1 unspecified atom stereocenters. The van der Waals surface area contributed by atoms with Crippen molar-refractivity contribution in [1.82, 2.24) is 4.57 Å². The van der Waals surface area contributed by atoms with E-state index in [4.69, 9.17) is 11.6 Å².